The fraction of sp³-hybridized carbons (Fsp3) is 0.167. The van der Waals surface area contributed by atoms with Gasteiger partial charge in [0, 0.05) is 10.1 Å². The van der Waals surface area contributed by atoms with Gasteiger partial charge in [-0.1, -0.05) is 12.1 Å². The van der Waals surface area contributed by atoms with Crippen LogP contribution in [0.25, 0.3) is 6.08 Å². The van der Waals surface area contributed by atoms with Crippen molar-refractivity contribution < 1.29 is 9.59 Å². The van der Waals surface area contributed by atoms with E-state index in [1.165, 1.54) is 4.90 Å². The van der Waals surface area contributed by atoms with Gasteiger partial charge in [0.1, 0.15) is 5.70 Å². The second-order valence-corrected chi connectivity index (χ2v) is 4.83. The molecule has 0 atom stereocenters. The number of urea groups is 1. The molecule has 2 rings (SSSR count). The van der Waals surface area contributed by atoms with Crippen LogP contribution in [0.1, 0.15) is 12.5 Å². The Morgan fingerprint density at radius 1 is 1.29 bits per heavy atom. The van der Waals surface area contributed by atoms with Gasteiger partial charge in [-0.3, -0.25) is 9.69 Å². The van der Waals surface area contributed by atoms with Crippen molar-refractivity contribution in [3.05, 3.63) is 39.1 Å². The molecule has 1 fully saturated rings. The molecule has 5 heteroatoms. The van der Waals surface area contributed by atoms with Crippen LogP contribution < -0.4 is 5.32 Å². The Balaban J connectivity index is 2.27. The molecule has 4 nitrogen and oxygen atoms in total. The monoisotopic (exact) mass is 342 g/mol. The standard InChI is InChI=1S/C12H11IN2O2/c1-2-15-11(16)10(14-12(15)17)7-8-3-5-9(13)6-4-8/h3-7H,2H2,1H3,(H,14,17). The van der Waals surface area contributed by atoms with Crippen molar-refractivity contribution in [1.82, 2.24) is 10.2 Å². The minimum Gasteiger partial charge on any atom is -0.303 e. The summed E-state index contributed by atoms with van der Waals surface area (Å²) in [6, 6.07) is 7.36. The number of nitrogens with one attached hydrogen (secondary N) is 1. The lowest BCUT2D eigenvalue weighted by Gasteiger charge is -2.05. The Hall–Kier alpha value is -1.37. The third-order valence-corrected chi connectivity index (χ3v) is 3.18. The molecular formula is C12H11IN2O2. The third kappa shape index (κ3) is 2.49. The van der Waals surface area contributed by atoms with Crippen molar-refractivity contribution in [1.29, 1.82) is 0 Å². The lowest BCUT2D eigenvalue weighted by Crippen LogP contribution is -2.30. The van der Waals surface area contributed by atoms with Gasteiger partial charge in [-0.25, -0.2) is 4.79 Å². The molecule has 17 heavy (non-hydrogen) atoms. The molecule has 1 aliphatic heterocycles. The normalized spacial score (nSPS) is 17.8. The van der Waals surface area contributed by atoms with E-state index in [1.54, 1.807) is 13.0 Å². The highest BCUT2D eigenvalue weighted by molar-refractivity contribution is 14.1. The van der Waals surface area contributed by atoms with Crippen LogP contribution in [0.2, 0.25) is 0 Å². The van der Waals surface area contributed by atoms with Crippen LogP contribution in [0.5, 0.6) is 0 Å². The van der Waals surface area contributed by atoms with E-state index in [9.17, 15) is 9.59 Å². The zero-order valence-corrected chi connectivity index (χ0v) is 11.4. The predicted molar refractivity (Wildman–Crippen MR) is 73.1 cm³/mol. The second-order valence-electron chi connectivity index (χ2n) is 3.59. The van der Waals surface area contributed by atoms with E-state index >= 15 is 0 Å². The van der Waals surface area contributed by atoms with Gasteiger partial charge in [0.25, 0.3) is 5.91 Å². The Morgan fingerprint density at radius 2 is 1.94 bits per heavy atom. The molecule has 88 valence electrons. The van der Waals surface area contributed by atoms with Crippen LogP contribution in [0, 0.1) is 3.57 Å². The third-order valence-electron chi connectivity index (χ3n) is 2.46. The van der Waals surface area contributed by atoms with Gasteiger partial charge in [-0.05, 0) is 53.3 Å². The predicted octanol–water partition coefficient (Wildman–Crippen LogP) is 2.20. The summed E-state index contributed by atoms with van der Waals surface area (Å²) in [6.45, 7) is 2.15. The van der Waals surface area contributed by atoms with Gasteiger partial charge in [-0.2, -0.15) is 0 Å². The second kappa shape index (κ2) is 4.87. The summed E-state index contributed by atoms with van der Waals surface area (Å²) in [4.78, 5) is 24.4. The molecular weight excluding hydrogens is 331 g/mol. The van der Waals surface area contributed by atoms with Gasteiger partial charge in [0.15, 0.2) is 0 Å². The molecule has 0 aromatic heterocycles. The number of rotatable bonds is 2. The summed E-state index contributed by atoms with van der Waals surface area (Å²) in [5.41, 5.74) is 1.23. The number of halogens is 1. The summed E-state index contributed by atoms with van der Waals surface area (Å²) in [7, 11) is 0. The number of likely N-dealkylation sites (N-methyl/N-ethyl adjacent to an activating group) is 1. The summed E-state index contributed by atoms with van der Waals surface area (Å²) < 4.78 is 1.13. The first kappa shape index (κ1) is 12.1. The van der Waals surface area contributed by atoms with Gasteiger partial charge < -0.3 is 5.32 Å². The Bertz CT molecular complexity index is 494. The van der Waals surface area contributed by atoms with E-state index in [0.717, 1.165) is 9.13 Å². The molecule has 0 radical (unpaired) electrons. The number of hydrogen-bond acceptors (Lipinski definition) is 2. The Morgan fingerprint density at radius 3 is 2.47 bits per heavy atom. The lowest BCUT2D eigenvalue weighted by molar-refractivity contribution is -0.122. The van der Waals surface area contributed by atoms with Crippen LogP contribution in [0.15, 0.2) is 30.0 Å². The van der Waals surface area contributed by atoms with Crippen molar-refractivity contribution in [3.8, 4) is 0 Å². The summed E-state index contributed by atoms with van der Waals surface area (Å²) in [5, 5.41) is 2.56. The van der Waals surface area contributed by atoms with Gasteiger partial charge in [0.05, 0.1) is 0 Å². The molecule has 3 amide bonds. The molecule has 1 saturated heterocycles. The zero-order valence-electron chi connectivity index (χ0n) is 9.24. The van der Waals surface area contributed by atoms with Crippen LogP contribution in [-0.4, -0.2) is 23.4 Å². The van der Waals surface area contributed by atoms with Gasteiger partial charge in [0.2, 0.25) is 0 Å². The van der Waals surface area contributed by atoms with E-state index in [2.05, 4.69) is 27.9 Å². The van der Waals surface area contributed by atoms with E-state index in [-0.39, 0.29) is 11.9 Å². The molecule has 1 N–H and O–H groups in total. The van der Waals surface area contributed by atoms with E-state index in [1.807, 2.05) is 24.3 Å². The minimum atomic E-state index is -0.353. The van der Waals surface area contributed by atoms with E-state index in [0.29, 0.717) is 12.2 Å². The maximum Gasteiger partial charge on any atom is 0.328 e. The molecule has 0 saturated carbocycles. The smallest absolute Gasteiger partial charge is 0.303 e. The van der Waals surface area contributed by atoms with Crippen LogP contribution >= 0.6 is 22.6 Å². The fourth-order valence-corrected chi connectivity index (χ4v) is 1.94. The van der Waals surface area contributed by atoms with Crippen LogP contribution in [0.4, 0.5) is 4.79 Å². The highest BCUT2D eigenvalue weighted by Gasteiger charge is 2.31. The number of imide groups is 1. The lowest BCUT2D eigenvalue weighted by atomic mass is 10.2. The Kier molecular flexibility index (Phi) is 3.46. The first-order valence-electron chi connectivity index (χ1n) is 5.22. The topological polar surface area (TPSA) is 49.4 Å². The first-order chi connectivity index (χ1) is 8.11. The molecule has 1 heterocycles. The number of hydrogen-bond donors (Lipinski definition) is 1. The molecule has 1 aromatic carbocycles. The Labute approximate surface area is 113 Å². The molecule has 0 aliphatic carbocycles. The number of benzene rings is 1. The molecule has 0 spiro atoms. The maximum absolute atomic E-state index is 11.8. The molecule has 1 aromatic rings. The number of carbonyl (C=O) groups excluding carboxylic acids is 2. The summed E-state index contributed by atoms with van der Waals surface area (Å²) >= 11 is 2.21. The highest BCUT2D eigenvalue weighted by atomic mass is 127. The highest BCUT2D eigenvalue weighted by Crippen LogP contribution is 2.14. The molecule has 1 aliphatic rings. The average Bonchev–Trinajstić information content (AvgIpc) is 2.57. The van der Waals surface area contributed by atoms with E-state index in [4.69, 9.17) is 0 Å². The average molecular weight is 342 g/mol. The van der Waals surface area contributed by atoms with E-state index < -0.39 is 0 Å². The first-order valence-corrected chi connectivity index (χ1v) is 6.30. The van der Waals surface area contributed by atoms with Gasteiger partial charge >= 0.3 is 6.03 Å². The summed E-state index contributed by atoms with van der Waals surface area (Å²) in [6.07, 6.45) is 1.69. The van der Waals surface area contributed by atoms with Crippen molar-refractivity contribution in [2.24, 2.45) is 0 Å². The maximum atomic E-state index is 11.8. The molecule has 0 bridgehead atoms. The zero-order chi connectivity index (χ0) is 12.4. The number of carbonyl (C=O) groups is 2. The minimum absolute atomic E-state index is 0.268. The van der Waals surface area contributed by atoms with Crippen molar-refractivity contribution in [2.45, 2.75) is 6.92 Å². The SMILES string of the molecule is CCN1C(=O)NC(=Cc2ccc(I)cc2)C1=O. The van der Waals surface area contributed by atoms with Gasteiger partial charge in [-0.15, -0.1) is 0 Å². The van der Waals surface area contributed by atoms with Crippen LogP contribution in [-0.2, 0) is 4.79 Å². The largest absolute Gasteiger partial charge is 0.328 e. The van der Waals surface area contributed by atoms with Crippen molar-refractivity contribution in [2.75, 3.05) is 6.54 Å². The quantitative estimate of drug-likeness (QED) is 0.509. The summed E-state index contributed by atoms with van der Waals surface area (Å²) in [5.74, 6) is -0.268. The number of amides is 3. The van der Waals surface area contributed by atoms with Crippen molar-refractivity contribution >= 4 is 40.6 Å². The fourth-order valence-electron chi connectivity index (χ4n) is 1.58. The molecule has 0 unspecified atom stereocenters. The number of nitrogens with zero attached hydrogens (tertiary/aromatic N) is 1. The van der Waals surface area contributed by atoms with Crippen LogP contribution in [0.3, 0.4) is 0 Å². The van der Waals surface area contributed by atoms with Crippen molar-refractivity contribution in [3.63, 3.8) is 0 Å².